The number of carbonyl (C=O) groups excluding carboxylic acids is 1. The third kappa shape index (κ3) is 4.93. The number of rotatable bonds is 4. The maximum absolute atomic E-state index is 12.0. The van der Waals surface area contributed by atoms with Crippen molar-refractivity contribution in [1.82, 2.24) is 4.90 Å². The molecule has 0 unspecified atom stereocenters. The topological polar surface area (TPSA) is 38.8 Å². The van der Waals surface area contributed by atoms with Crippen LogP contribution in [0.4, 0.5) is 0 Å². The number of nitrogens with zero attached hydrogens (tertiary/aromatic N) is 1. The molecule has 1 saturated heterocycles. The van der Waals surface area contributed by atoms with Crippen LogP contribution in [0.3, 0.4) is 0 Å². The van der Waals surface area contributed by atoms with Gasteiger partial charge in [0.2, 0.25) is 0 Å². The molecule has 136 valence electrons. The average Bonchev–Trinajstić information content (AvgIpc) is 2.58. The highest BCUT2D eigenvalue weighted by Gasteiger charge is 2.35. The van der Waals surface area contributed by atoms with Crippen LogP contribution in [0.2, 0.25) is 0 Å². The summed E-state index contributed by atoms with van der Waals surface area (Å²) in [6.07, 6.45) is 5.92. The van der Waals surface area contributed by atoms with E-state index in [0.29, 0.717) is 6.42 Å². The Kier molecular flexibility index (Phi) is 5.60. The predicted octanol–water partition coefficient (Wildman–Crippen LogP) is 3.91. The largest absolute Gasteiger partial charge is 0.369 e. The van der Waals surface area contributed by atoms with E-state index in [1.807, 2.05) is 12.3 Å². The highest BCUT2D eigenvalue weighted by atomic mass is 16.7. The molecule has 4 nitrogen and oxygen atoms in total. The Morgan fingerprint density at radius 1 is 1.20 bits per heavy atom. The Labute approximate surface area is 150 Å². The molecule has 3 rings (SSSR count). The summed E-state index contributed by atoms with van der Waals surface area (Å²) in [4.78, 5) is 14.2. The monoisotopic (exact) mass is 343 g/mol. The number of ketones is 1. The molecule has 0 radical (unpaired) electrons. The molecular weight excluding hydrogens is 314 g/mol. The van der Waals surface area contributed by atoms with Gasteiger partial charge < -0.3 is 14.4 Å². The van der Waals surface area contributed by atoms with Crippen molar-refractivity contribution >= 4 is 5.78 Å². The van der Waals surface area contributed by atoms with Crippen LogP contribution in [0.1, 0.15) is 45.6 Å². The minimum absolute atomic E-state index is 0.0370. The van der Waals surface area contributed by atoms with Crippen LogP contribution >= 0.6 is 0 Å². The normalized spacial score (nSPS) is 27.6. The molecule has 0 saturated carbocycles. The number of hydrogen-bond donors (Lipinski definition) is 0. The van der Waals surface area contributed by atoms with E-state index < -0.39 is 0 Å². The molecule has 0 N–H and O–H groups in total. The first-order chi connectivity index (χ1) is 11.9. The van der Waals surface area contributed by atoms with Crippen LogP contribution in [0.25, 0.3) is 0 Å². The first-order valence-electron chi connectivity index (χ1n) is 9.19. The summed E-state index contributed by atoms with van der Waals surface area (Å²) < 4.78 is 12.0. The van der Waals surface area contributed by atoms with Gasteiger partial charge in [-0.1, -0.05) is 51.1 Å². The quantitative estimate of drug-likeness (QED) is 0.831. The van der Waals surface area contributed by atoms with Crippen LogP contribution in [-0.4, -0.2) is 35.7 Å². The summed E-state index contributed by atoms with van der Waals surface area (Å²) in [6.45, 7) is 7.95. The van der Waals surface area contributed by atoms with Crippen molar-refractivity contribution in [1.29, 1.82) is 0 Å². The lowest BCUT2D eigenvalue weighted by Gasteiger charge is -2.41. The molecule has 25 heavy (non-hydrogen) atoms. The van der Waals surface area contributed by atoms with Crippen molar-refractivity contribution in [2.45, 2.75) is 65.0 Å². The van der Waals surface area contributed by atoms with Gasteiger partial charge in [-0.15, -0.1) is 0 Å². The van der Waals surface area contributed by atoms with E-state index in [1.165, 1.54) is 5.56 Å². The van der Waals surface area contributed by atoms with Gasteiger partial charge >= 0.3 is 0 Å². The minimum atomic E-state index is -0.177. The summed E-state index contributed by atoms with van der Waals surface area (Å²) in [5.74, 6) is 0.203. The van der Waals surface area contributed by atoms with Crippen LogP contribution < -0.4 is 0 Å². The maximum Gasteiger partial charge on any atom is 0.162 e. The van der Waals surface area contributed by atoms with E-state index in [-0.39, 0.29) is 29.6 Å². The summed E-state index contributed by atoms with van der Waals surface area (Å²) in [6, 6.07) is 10.6. The molecule has 0 aromatic heterocycles. The summed E-state index contributed by atoms with van der Waals surface area (Å²) in [5.41, 5.74) is 1.22. The van der Waals surface area contributed by atoms with Crippen LogP contribution in [-0.2, 0) is 20.8 Å². The molecule has 2 aliphatic heterocycles. The van der Waals surface area contributed by atoms with Crippen LogP contribution in [0, 0.1) is 5.41 Å². The predicted molar refractivity (Wildman–Crippen MR) is 97.8 cm³/mol. The van der Waals surface area contributed by atoms with Gasteiger partial charge in [0, 0.05) is 30.6 Å². The SMILES string of the molecule is CC(C)(C)[C@@H]1OCC[C@H](C[C@@H]2CC(=O)C=CN2Cc2ccccc2)O1. The van der Waals surface area contributed by atoms with Crippen molar-refractivity contribution in [2.24, 2.45) is 5.41 Å². The van der Waals surface area contributed by atoms with Crippen molar-refractivity contribution in [2.75, 3.05) is 6.61 Å². The Bertz CT molecular complexity index is 605. The molecule has 2 aliphatic rings. The van der Waals surface area contributed by atoms with E-state index in [4.69, 9.17) is 9.47 Å². The van der Waals surface area contributed by atoms with Gasteiger partial charge in [-0.3, -0.25) is 4.79 Å². The minimum Gasteiger partial charge on any atom is -0.369 e. The molecule has 1 aromatic carbocycles. The first kappa shape index (κ1) is 18.2. The van der Waals surface area contributed by atoms with Gasteiger partial charge in [-0.05, 0) is 24.5 Å². The van der Waals surface area contributed by atoms with E-state index in [0.717, 1.165) is 26.0 Å². The fraction of sp³-hybridized carbons (Fsp3) is 0.571. The average molecular weight is 343 g/mol. The number of carbonyl (C=O) groups is 1. The molecule has 0 amide bonds. The van der Waals surface area contributed by atoms with Crippen LogP contribution in [0.15, 0.2) is 42.6 Å². The standard InChI is InChI=1S/C21H29NO3/c1-21(2,3)20-24-12-10-19(25-20)14-17-13-18(23)9-11-22(17)15-16-7-5-4-6-8-16/h4-9,11,17,19-20H,10,12-15H2,1-3H3/t17-,19+,20+/m0/s1. The molecule has 4 heteroatoms. The van der Waals surface area contributed by atoms with Gasteiger partial charge in [-0.2, -0.15) is 0 Å². The number of allylic oxidation sites excluding steroid dienone is 1. The fourth-order valence-corrected chi connectivity index (χ4v) is 3.43. The third-order valence-corrected chi connectivity index (χ3v) is 4.83. The molecule has 0 spiro atoms. The fourth-order valence-electron chi connectivity index (χ4n) is 3.43. The molecule has 1 fully saturated rings. The third-order valence-electron chi connectivity index (χ3n) is 4.83. The molecule has 2 heterocycles. The highest BCUT2D eigenvalue weighted by Crippen LogP contribution is 2.31. The Balaban J connectivity index is 1.66. The number of benzene rings is 1. The summed E-state index contributed by atoms with van der Waals surface area (Å²) in [7, 11) is 0. The second-order valence-corrected chi connectivity index (χ2v) is 8.15. The second-order valence-electron chi connectivity index (χ2n) is 8.15. The summed E-state index contributed by atoms with van der Waals surface area (Å²) in [5, 5.41) is 0. The van der Waals surface area contributed by atoms with Gasteiger partial charge in [-0.25, -0.2) is 0 Å². The van der Waals surface area contributed by atoms with Crippen molar-refractivity contribution in [3.63, 3.8) is 0 Å². The van der Waals surface area contributed by atoms with Gasteiger partial charge in [0.25, 0.3) is 0 Å². The van der Waals surface area contributed by atoms with Crippen molar-refractivity contribution < 1.29 is 14.3 Å². The second kappa shape index (κ2) is 7.71. The summed E-state index contributed by atoms with van der Waals surface area (Å²) >= 11 is 0. The van der Waals surface area contributed by atoms with Gasteiger partial charge in [0.05, 0.1) is 12.7 Å². The van der Waals surface area contributed by atoms with Gasteiger partial charge in [0.15, 0.2) is 12.1 Å². The number of ether oxygens (including phenoxy) is 2. The Hall–Kier alpha value is -1.65. The van der Waals surface area contributed by atoms with Crippen LogP contribution in [0.5, 0.6) is 0 Å². The Morgan fingerprint density at radius 3 is 2.68 bits per heavy atom. The van der Waals surface area contributed by atoms with Gasteiger partial charge in [0.1, 0.15) is 0 Å². The zero-order valence-corrected chi connectivity index (χ0v) is 15.5. The van der Waals surface area contributed by atoms with Crippen molar-refractivity contribution in [3.05, 3.63) is 48.2 Å². The van der Waals surface area contributed by atoms with Crippen molar-refractivity contribution in [3.8, 4) is 0 Å². The lowest BCUT2D eigenvalue weighted by molar-refractivity contribution is -0.255. The molecule has 0 aliphatic carbocycles. The van der Waals surface area contributed by atoms with E-state index >= 15 is 0 Å². The zero-order chi connectivity index (χ0) is 17.9. The highest BCUT2D eigenvalue weighted by molar-refractivity contribution is 5.90. The Morgan fingerprint density at radius 2 is 1.96 bits per heavy atom. The number of hydrogen-bond acceptors (Lipinski definition) is 4. The zero-order valence-electron chi connectivity index (χ0n) is 15.5. The smallest absolute Gasteiger partial charge is 0.162 e. The molecule has 0 bridgehead atoms. The maximum atomic E-state index is 12.0. The van der Waals surface area contributed by atoms with E-state index in [9.17, 15) is 4.79 Å². The molecule has 3 atom stereocenters. The lowest BCUT2D eigenvalue weighted by atomic mass is 9.93. The van der Waals surface area contributed by atoms with E-state index in [1.54, 1.807) is 6.08 Å². The first-order valence-corrected chi connectivity index (χ1v) is 9.19. The molecular formula is C21H29NO3. The lowest BCUT2D eigenvalue weighted by Crippen LogP contribution is -2.44. The molecule has 1 aromatic rings. The van der Waals surface area contributed by atoms with E-state index in [2.05, 4.69) is 49.9 Å².